The molecule has 28 heavy (non-hydrogen) atoms. The number of hydrogen-bond donors (Lipinski definition) is 1. The van der Waals surface area contributed by atoms with Crippen molar-refractivity contribution in [2.24, 2.45) is 0 Å². The van der Waals surface area contributed by atoms with E-state index < -0.39 is 0 Å². The van der Waals surface area contributed by atoms with Crippen LogP contribution < -0.4 is 5.32 Å². The summed E-state index contributed by atoms with van der Waals surface area (Å²) in [5, 5.41) is 4.37. The van der Waals surface area contributed by atoms with Crippen molar-refractivity contribution < 1.29 is 9.18 Å². The number of halogens is 2. The van der Waals surface area contributed by atoms with Crippen LogP contribution in [0.25, 0.3) is 10.9 Å². The monoisotopic (exact) mass is 397 g/mol. The Bertz CT molecular complexity index is 1050. The number of aryl methyl sites for hydroxylation is 1. The summed E-state index contributed by atoms with van der Waals surface area (Å²) in [4.78, 5) is 19.4. The van der Waals surface area contributed by atoms with E-state index in [-0.39, 0.29) is 11.7 Å². The Labute approximate surface area is 168 Å². The SMILES string of the molecule is Cc1ccc(Nc2c(C(=O)N3CCCCC3)cnc3ccc(F)cc23)c(Cl)c1. The van der Waals surface area contributed by atoms with E-state index in [1.165, 1.54) is 12.1 Å². The van der Waals surface area contributed by atoms with Gasteiger partial charge in [-0.1, -0.05) is 17.7 Å². The van der Waals surface area contributed by atoms with Gasteiger partial charge in [0, 0.05) is 24.7 Å². The second kappa shape index (κ2) is 7.76. The van der Waals surface area contributed by atoms with E-state index in [0.29, 0.717) is 32.9 Å². The minimum Gasteiger partial charge on any atom is -0.353 e. The van der Waals surface area contributed by atoms with Crippen molar-refractivity contribution in [1.29, 1.82) is 0 Å². The molecule has 1 amide bonds. The first-order valence-electron chi connectivity index (χ1n) is 9.43. The highest BCUT2D eigenvalue weighted by Crippen LogP contribution is 2.34. The molecule has 0 bridgehead atoms. The van der Waals surface area contributed by atoms with E-state index in [9.17, 15) is 9.18 Å². The summed E-state index contributed by atoms with van der Waals surface area (Å²) < 4.78 is 14.0. The van der Waals surface area contributed by atoms with Gasteiger partial charge in [0.05, 0.1) is 27.5 Å². The Morgan fingerprint density at radius 3 is 2.68 bits per heavy atom. The Kier molecular flexibility index (Phi) is 5.18. The predicted octanol–water partition coefficient (Wildman–Crippen LogP) is 5.71. The number of nitrogens with zero attached hydrogens (tertiary/aromatic N) is 2. The molecule has 144 valence electrons. The van der Waals surface area contributed by atoms with Crippen LogP contribution in [0.15, 0.2) is 42.6 Å². The van der Waals surface area contributed by atoms with Crippen molar-refractivity contribution in [1.82, 2.24) is 9.88 Å². The van der Waals surface area contributed by atoms with Crippen LogP contribution in [0, 0.1) is 12.7 Å². The summed E-state index contributed by atoms with van der Waals surface area (Å²) in [6.07, 6.45) is 4.69. The van der Waals surface area contributed by atoms with Crippen LogP contribution in [-0.2, 0) is 0 Å². The summed E-state index contributed by atoms with van der Waals surface area (Å²) in [6, 6.07) is 10.0. The van der Waals surface area contributed by atoms with E-state index >= 15 is 0 Å². The average molecular weight is 398 g/mol. The Balaban J connectivity index is 1.84. The molecule has 0 saturated carbocycles. The molecule has 0 radical (unpaired) electrons. The fourth-order valence-corrected chi connectivity index (χ4v) is 3.87. The van der Waals surface area contributed by atoms with Gasteiger partial charge in [0.1, 0.15) is 5.82 Å². The first-order chi connectivity index (χ1) is 13.5. The van der Waals surface area contributed by atoms with Crippen molar-refractivity contribution in [2.75, 3.05) is 18.4 Å². The molecule has 0 unspecified atom stereocenters. The molecule has 1 fully saturated rings. The Hall–Kier alpha value is -2.66. The molecule has 2 heterocycles. The molecule has 1 saturated heterocycles. The number of hydrogen-bond acceptors (Lipinski definition) is 3. The number of amides is 1. The smallest absolute Gasteiger partial charge is 0.257 e. The zero-order chi connectivity index (χ0) is 19.7. The highest BCUT2D eigenvalue weighted by atomic mass is 35.5. The largest absolute Gasteiger partial charge is 0.353 e. The molecule has 0 atom stereocenters. The second-order valence-electron chi connectivity index (χ2n) is 7.17. The first-order valence-corrected chi connectivity index (χ1v) is 9.81. The number of rotatable bonds is 3. The maximum absolute atomic E-state index is 14.0. The van der Waals surface area contributed by atoms with E-state index in [1.807, 2.05) is 30.0 Å². The number of piperidine rings is 1. The minimum absolute atomic E-state index is 0.0934. The lowest BCUT2D eigenvalue weighted by Crippen LogP contribution is -2.36. The Morgan fingerprint density at radius 2 is 1.93 bits per heavy atom. The van der Waals surface area contributed by atoms with Gasteiger partial charge in [-0.15, -0.1) is 0 Å². The number of carbonyl (C=O) groups excluding carboxylic acids is 1. The third-order valence-corrected chi connectivity index (χ3v) is 5.40. The number of fused-ring (bicyclic) bond motifs is 1. The number of pyridine rings is 1. The fourth-order valence-electron chi connectivity index (χ4n) is 3.59. The molecule has 1 N–H and O–H groups in total. The standard InChI is InChI=1S/C22H21ClFN3O/c1-14-5-7-20(18(23)11-14)26-21-16-12-15(24)6-8-19(16)25-13-17(21)22(28)27-9-3-2-4-10-27/h5-8,11-13H,2-4,9-10H2,1H3,(H,25,26). The third kappa shape index (κ3) is 3.67. The molecule has 0 aliphatic carbocycles. The molecule has 3 aromatic rings. The van der Waals surface area contributed by atoms with Crippen LogP contribution >= 0.6 is 11.6 Å². The summed E-state index contributed by atoms with van der Waals surface area (Å²) in [7, 11) is 0. The number of likely N-dealkylation sites (tertiary alicyclic amines) is 1. The van der Waals surface area contributed by atoms with Crippen LogP contribution in [0.1, 0.15) is 35.2 Å². The lowest BCUT2D eigenvalue weighted by atomic mass is 10.1. The van der Waals surface area contributed by atoms with Gasteiger partial charge in [0.15, 0.2) is 0 Å². The third-order valence-electron chi connectivity index (χ3n) is 5.09. The molecule has 6 heteroatoms. The van der Waals surface area contributed by atoms with E-state index in [0.717, 1.165) is 37.9 Å². The van der Waals surface area contributed by atoms with Gasteiger partial charge in [-0.3, -0.25) is 9.78 Å². The highest BCUT2D eigenvalue weighted by Gasteiger charge is 2.23. The zero-order valence-electron chi connectivity index (χ0n) is 15.6. The maximum Gasteiger partial charge on any atom is 0.257 e. The molecule has 1 aliphatic rings. The molecule has 0 spiro atoms. The van der Waals surface area contributed by atoms with Gasteiger partial charge >= 0.3 is 0 Å². The van der Waals surface area contributed by atoms with Gasteiger partial charge < -0.3 is 10.2 Å². The van der Waals surface area contributed by atoms with Crippen molar-refractivity contribution in [3.8, 4) is 0 Å². The molecule has 1 aliphatic heterocycles. The van der Waals surface area contributed by atoms with Gasteiger partial charge in [-0.25, -0.2) is 4.39 Å². The zero-order valence-corrected chi connectivity index (χ0v) is 16.4. The van der Waals surface area contributed by atoms with Crippen LogP contribution in [-0.4, -0.2) is 28.9 Å². The van der Waals surface area contributed by atoms with Crippen molar-refractivity contribution in [2.45, 2.75) is 26.2 Å². The molecule has 2 aromatic carbocycles. The van der Waals surface area contributed by atoms with Crippen LogP contribution in [0.2, 0.25) is 5.02 Å². The normalized spacial score (nSPS) is 14.3. The van der Waals surface area contributed by atoms with E-state index in [2.05, 4.69) is 10.3 Å². The summed E-state index contributed by atoms with van der Waals surface area (Å²) in [5.74, 6) is -0.473. The molecule has 4 rings (SSSR count). The summed E-state index contributed by atoms with van der Waals surface area (Å²) in [6.45, 7) is 3.41. The topological polar surface area (TPSA) is 45.2 Å². The fraction of sp³-hybridized carbons (Fsp3) is 0.273. The predicted molar refractivity (Wildman–Crippen MR) is 111 cm³/mol. The number of aromatic nitrogens is 1. The van der Waals surface area contributed by atoms with Crippen molar-refractivity contribution >= 4 is 39.8 Å². The first kappa shape index (κ1) is 18.7. The van der Waals surface area contributed by atoms with Gasteiger partial charge in [-0.2, -0.15) is 0 Å². The van der Waals surface area contributed by atoms with Crippen molar-refractivity contribution in [3.05, 3.63) is 64.6 Å². The highest BCUT2D eigenvalue weighted by molar-refractivity contribution is 6.33. The van der Waals surface area contributed by atoms with Gasteiger partial charge in [-0.05, 0) is 62.1 Å². The van der Waals surface area contributed by atoms with Crippen LogP contribution in [0.5, 0.6) is 0 Å². The quantitative estimate of drug-likeness (QED) is 0.616. The Morgan fingerprint density at radius 1 is 1.14 bits per heavy atom. The maximum atomic E-state index is 14.0. The van der Waals surface area contributed by atoms with Gasteiger partial charge in [0.25, 0.3) is 5.91 Å². The molecular weight excluding hydrogens is 377 g/mol. The molecule has 4 nitrogen and oxygen atoms in total. The lowest BCUT2D eigenvalue weighted by Gasteiger charge is -2.28. The van der Waals surface area contributed by atoms with E-state index in [4.69, 9.17) is 11.6 Å². The molecule has 1 aromatic heterocycles. The van der Waals surface area contributed by atoms with Gasteiger partial charge in [0.2, 0.25) is 0 Å². The number of carbonyl (C=O) groups is 1. The average Bonchev–Trinajstić information content (AvgIpc) is 2.70. The minimum atomic E-state index is -0.380. The number of anilines is 2. The lowest BCUT2D eigenvalue weighted by molar-refractivity contribution is 0.0725. The number of benzene rings is 2. The number of nitrogens with one attached hydrogen (secondary N) is 1. The summed E-state index contributed by atoms with van der Waals surface area (Å²) >= 11 is 6.39. The molecular formula is C22H21ClFN3O. The van der Waals surface area contributed by atoms with E-state index in [1.54, 1.807) is 12.3 Å². The summed E-state index contributed by atoms with van der Waals surface area (Å²) in [5.41, 5.74) is 3.27. The van der Waals surface area contributed by atoms with Crippen molar-refractivity contribution in [3.63, 3.8) is 0 Å². The second-order valence-corrected chi connectivity index (χ2v) is 7.58. The van der Waals surface area contributed by atoms with Crippen LogP contribution in [0.3, 0.4) is 0 Å². The van der Waals surface area contributed by atoms with Crippen LogP contribution in [0.4, 0.5) is 15.8 Å².